The first-order chi connectivity index (χ1) is 13.1. The van der Waals surface area contributed by atoms with E-state index in [1.807, 2.05) is 60.7 Å². The Kier molecular flexibility index (Phi) is 5.48. The van der Waals surface area contributed by atoms with Crippen LogP contribution in [-0.4, -0.2) is 16.1 Å². The lowest BCUT2D eigenvalue weighted by atomic mass is 10.0. The van der Waals surface area contributed by atoms with Crippen LogP contribution >= 0.6 is 0 Å². The molecule has 1 aromatic heterocycles. The van der Waals surface area contributed by atoms with E-state index in [1.165, 1.54) is 5.56 Å². The molecule has 0 bridgehead atoms. The van der Waals surface area contributed by atoms with Crippen LogP contribution in [0, 0.1) is 11.3 Å². The average molecular weight is 356 g/mol. The molecule has 1 amide bonds. The smallest absolute Gasteiger partial charge is 0.266 e. The summed E-state index contributed by atoms with van der Waals surface area (Å²) in [5.74, 6) is -0.0307. The number of nitriles is 1. The molecule has 0 aliphatic carbocycles. The molecular formula is C22H20N4O. The van der Waals surface area contributed by atoms with Gasteiger partial charge in [0.25, 0.3) is 5.91 Å². The van der Waals surface area contributed by atoms with Crippen molar-refractivity contribution in [2.45, 2.75) is 19.8 Å². The van der Waals surface area contributed by atoms with Crippen LogP contribution in [0.15, 0.2) is 66.4 Å². The summed E-state index contributed by atoms with van der Waals surface area (Å²) in [5.41, 5.74) is 4.24. The van der Waals surface area contributed by atoms with Gasteiger partial charge in [0.05, 0.1) is 11.9 Å². The first kappa shape index (κ1) is 18.2. The zero-order valence-electron chi connectivity index (χ0n) is 15.2. The van der Waals surface area contributed by atoms with Crippen LogP contribution in [0.5, 0.6) is 0 Å². The number of aromatic nitrogens is 2. The standard InChI is InChI=1S/C22H20N4O/c1-15(2)16-8-10-20(11-9-16)25-22(27)18(13-23)12-19-14-24-26-21(19)17-6-4-3-5-7-17/h3-12,14-15H,1-2H3,(H,24,26)(H,25,27). The van der Waals surface area contributed by atoms with Gasteiger partial charge in [-0.1, -0.05) is 56.3 Å². The first-order valence-electron chi connectivity index (χ1n) is 8.70. The van der Waals surface area contributed by atoms with Gasteiger partial charge in [-0.25, -0.2) is 0 Å². The topological polar surface area (TPSA) is 81.6 Å². The third kappa shape index (κ3) is 4.31. The van der Waals surface area contributed by atoms with Crippen LogP contribution in [-0.2, 0) is 4.79 Å². The molecule has 0 aliphatic rings. The number of benzene rings is 2. The summed E-state index contributed by atoms with van der Waals surface area (Å²) in [6.07, 6.45) is 3.15. The molecule has 5 nitrogen and oxygen atoms in total. The average Bonchev–Trinajstić information content (AvgIpc) is 3.15. The second kappa shape index (κ2) is 8.15. The SMILES string of the molecule is CC(C)c1ccc(NC(=O)C(C#N)=Cc2cn[nH]c2-c2ccccc2)cc1. The summed E-state index contributed by atoms with van der Waals surface area (Å²) in [4.78, 5) is 12.5. The van der Waals surface area contributed by atoms with Crippen molar-refractivity contribution in [2.24, 2.45) is 0 Å². The molecule has 3 rings (SSSR count). The maximum Gasteiger partial charge on any atom is 0.266 e. The van der Waals surface area contributed by atoms with Crippen molar-refractivity contribution >= 4 is 17.7 Å². The lowest BCUT2D eigenvalue weighted by Gasteiger charge is -2.08. The van der Waals surface area contributed by atoms with Crippen molar-refractivity contribution in [3.8, 4) is 17.3 Å². The first-order valence-corrected chi connectivity index (χ1v) is 8.70. The van der Waals surface area contributed by atoms with Crippen molar-refractivity contribution in [2.75, 3.05) is 5.32 Å². The van der Waals surface area contributed by atoms with E-state index < -0.39 is 5.91 Å². The number of nitrogens with one attached hydrogen (secondary N) is 2. The number of amides is 1. The molecule has 5 heteroatoms. The fourth-order valence-corrected chi connectivity index (χ4v) is 2.69. The van der Waals surface area contributed by atoms with E-state index in [2.05, 4.69) is 29.4 Å². The van der Waals surface area contributed by atoms with Crippen molar-refractivity contribution in [3.63, 3.8) is 0 Å². The summed E-state index contributed by atoms with van der Waals surface area (Å²) in [5, 5.41) is 19.2. The van der Waals surface area contributed by atoms with E-state index in [-0.39, 0.29) is 5.57 Å². The van der Waals surface area contributed by atoms with E-state index >= 15 is 0 Å². The maximum absolute atomic E-state index is 12.5. The highest BCUT2D eigenvalue weighted by Gasteiger charge is 2.13. The van der Waals surface area contributed by atoms with E-state index in [1.54, 1.807) is 12.3 Å². The van der Waals surface area contributed by atoms with Gasteiger partial charge < -0.3 is 5.32 Å². The number of nitrogens with zero attached hydrogens (tertiary/aromatic N) is 2. The Morgan fingerprint density at radius 1 is 1.15 bits per heavy atom. The molecule has 0 saturated carbocycles. The van der Waals surface area contributed by atoms with Crippen LogP contribution in [0.2, 0.25) is 0 Å². The van der Waals surface area contributed by atoms with Crippen molar-refractivity contribution < 1.29 is 4.79 Å². The van der Waals surface area contributed by atoms with E-state index in [4.69, 9.17) is 0 Å². The number of aromatic amines is 1. The van der Waals surface area contributed by atoms with Gasteiger partial charge in [-0.05, 0) is 29.7 Å². The van der Waals surface area contributed by atoms with Crippen molar-refractivity contribution in [1.29, 1.82) is 5.26 Å². The number of hydrogen-bond acceptors (Lipinski definition) is 3. The molecule has 3 aromatic rings. The van der Waals surface area contributed by atoms with E-state index in [9.17, 15) is 10.1 Å². The zero-order chi connectivity index (χ0) is 19.2. The number of hydrogen-bond donors (Lipinski definition) is 2. The second-order valence-electron chi connectivity index (χ2n) is 6.47. The van der Waals surface area contributed by atoms with Crippen LogP contribution in [0.4, 0.5) is 5.69 Å². The minimum atomic E-state index is -0.449. The van der Waals surface area contributed by atoms with Gasteiger partial charge in [0.1, 0.15) is 11.6 Å². The van der Waals surface area contributed by atoms with Crippen molar-refractivity contribution in [1.82, 2.24) is 10.2 Å². The minimum absolute atomic E-state index is 0.0153. The van der Waals surface area contributed by atoms with Gasteiger partial charge in [-0.2, -0.15) is 10.4 Å². The Morgan fingerprint density at radius 3 is 2.48 bits per heavy atom. The van der Waals surface area contributed by atoms with Crippen LogP contribution in [0.25, 0.3) is 17.3 Å². The molecule has 2 N–H and O–H groups in total. The van der Waals surface area contributed by atoms with Gasteiger partial charge in [0.15, 0.2) is 0 Å². The maximum atomic E-state index is 12.5. The second-order valence-corrected chi connectivity index (χ2v) is 6.47. The summed E-state index contributed by atoms with van der Waals surface area (Å²) >= 11 is 0. The number of carbonyl (C=O) groups excluding carboxylic acids is 1. The quantitative estimate of drug-likeness (QED) is 0.511. The van der Waals surface area contributed by atoms with Crippen LogP contribution in [0.1, 0.15) is 30.9 Å². The van der Waals surface area contributed by atoms with Crippen molar-refractivity contribution in [3.05, 3.63) is 77.5 Å². The Hall–Kier alpha value is -3.65. The lowest BCUT2D eigenvalue weighted by Crippen LogP contribution is -2.13. The van der Waals surface area contributed by atoms with Gasteiger partial charge in [0.2, 0.25) is 0 Å². The Morgan fingerprint density at radius 2 is 1.85 bits per heavy atom. The molecule has 0 aliphatic heterocycles. The molecule has 134 valence electrons. The van der Waals surface area contributed by atoms with Gasteiger partial charge in [0, 0.05) is 16.8 Å². The van der Waals surface area contributed by atoms with E-state index in [0.29, 0.717) is 17.2 Å². The molecule has 0 atom stereocenters. The normalized spacial score (nSPS) is 11.3. The van der Waals surface area contributed by atoms with Crippen LogP contribution < -0.4 is 5.32 Å². The summed E-state index contributed by atoms with van der Waals surface area (Å²) in [6, 6.07) is 19.2. The van der Waals surface area contributed by atoms with E-state index in [0.717, 1.165) is 11.3 Å². The molecular weight excluding hydrogens is 336 g/mol. The monoisotopic (exact) mass is 356 g/mol. The predicted octanol–water partition coefficient (Wildman–Crippen LogP) is 4.75. The zero-order valence-corrected chi connectivity index (χ0v) is 15.2. The highest BCUT2D eigenvalue weighted by Crippen LogP contribution is 2.23. The Labute approximate surface area is 158 Å². The number of H-pyrrole nitrogens is 1. The molecule has 2 aromatic carbocycles. The molecule has 0 spiro atoms. The van der Waals surface area contributed by atoms with Gasteiger partial charge in [-0.3, -0.25) is 9.89 Å². The third-order valence-electron chi connectivity index (χ3n) is 4.23. The predicted molar refractivity (Wildman–Crippen MR) is 107 cm³/mol. The molecule has 0 unspecified atom stereocenters. The number of carbonyl (C=O) groups is 1. The molecule has 27 heavy (non-hydrogen) atoms. The fraction of sp³-hybridized carbons (Fsp3) is 0.136. The molecule has 1 heterocycles. The molecule has 0 saturated heterocycles. The van der Waals surface area contributed by atoms with Gasteiger partial charge in [-0.15, -0.1) is 0 Å². The summed E-state index contributed by atoms with van der Waals surface area (Å²) in [6.45, 7) is 4.22. The fourth-order valence-electron chi connectivity index (χ4n) is 2.69. The highest BCUT2D eigenvalue weighted by molar-refractivity contribution is 6.10. The Bertz CT molecular complexity index is 993. The summed E-state index contributed by atoms with van der Waals surface area (Å²) < 4.78 is 0. The highest BCUT2D eigenvalue weighted by atomic mass is 16.1. The summed E-state index contributed by atoms with van der Waals surface area (Å²) in [7, 11) is 0. The van der Waals surface area contributed by atoms with Gasteiger partial charge >= 0.3 is 0 Å². The minimum Gasteiger partial charge on any atom is -0.321 e. The van der Waals surface area contributed by atoms with Crippen LogP contribution in [0.3, 0.4) is 0 Å². The largest absolute Gasteiger partial charge is 0.321 e. The number of anilines is 1. The Balaban J connectivity index is 1.82. The number of rotatable bonds is 5. The molecule has 0 fully saturated rings. The lowest BCUT2D eigenvalue weighted by molar-refractivity contribution is -0.112. The third-order valence-corrected chi connectivity index (χ3v) is 4.23. The molecule has 0 radical (unpaired) electrons.